The average molecular weight is 479 g/mol. The average Bonchev–Trinajstić information content (AvgIpc) is 2.75. The van der Waals surface area contributed by atoms with Crippen LogP contribution < -0.4 is 0 Å². The fourth-order valence-corrected chi connectivity index (χ4v) is 4.43. The molecule has 0 heterocycles. The van der Waals surface area contributed by atoms with Gasteiger partial charge in [-0.25, -0.2) is 0 Å². The van der Waals surface area contributed by atoms with Gasteiger partial charge in [0.15, 0.2) is 0 Å². The Labute approximate surface area is 200 Å². The number of hydrogen-bond donors (Lipinski definition) is 1. The van der Waals surface area contributed by atoms with Gasteiger partial charge in [-0.1, -0.05) is 129 Å². The van der Waals surface area contributed by atoms with Gasteiger partial charge in [-0.2, -0.15) is 8.42 Å². The molecule has 0 aromatic carbocycles. The van der Waals surface area contributed by atoms with E-state index in [0.29, 0.717) is 13.2 Å². The Bertz CT molecular complexity index is 467. The summed E-state index contributed by atoms with van der Waals surface area (Å²) in [7, 11) is -4.24. The first kappa shape index (κ1) is 31.8. The molecule has 1 unspecified atom stereocenters. The minimum Gasteiger partial charge on any atom is -0.378 e. The smallest absolute Gasteiger partial charge is 0.294 e. The van der Waals surface area contributed by atoms with Crippen LogP contribution in [0.3, 0.4) is 0 Å². The maximum Gasteiger partial charge on any atom is 0.294 e. The van der Waals surface area contributed by atoms with E-state index in [1.165, 1.54) is 96.3 Å². The summed E-state index contributed by atoms with van der Waals surface area (Å²) in [6.45, 7) is 5.26. The molecule has 0 radical (unpaired) electrons. The van der Waals surface area contributed by atoms with E-state index in [0.717, 1.165) is 32.1 Å². The third kappa shape index (κ3) is 23.0. The summed E-state index contributed by atoms with van der Waals surface area (Å²) >= 11 is 0. The third-order valence-electron chi connectivity index (χ3n) is 6.03. The fourth-order valence-electron chi connectivity index (χ4n) is 3.90. The van der Waals surface area contributed by atoms with Crippen molar-refractivity contribution in [3.63, 3.8) is 0 Å². The van der Waals surface area contributed by atoms with Gasteiger partial charge in [0, 0.05) is 13.2 Å². The van der Waals surface area contributed by atoms with Crippen LogP contribution in [-0.2, 0) is 19.6 Å². The molecule has 0 bridgehead atoms. The monoisotopic (exact) mass is 478 g/mol. The molecular weight excluding hydrogens is 424 g/mol. The molecule has 1 N–H and O–H groups in total. The molecule has 32 heavy (non-hydrogen) atoms. The molecule has 0 aliphatic carbocycles. The van der Waals surface area contributed by atoms with E-state index < -0.39 is 15.6 Å². The second-order valence-corrected chi connectivity index (χ2v) is 10.8. The highest BCUT2D eigenvalue weighted by molar-refractivity contribution is 7.86. The lowest BCUT2D eigenvalue weighted by molar-refractivity contribution is 0.0179. The highest BCUT2D eigenvalue weighted by atomic mass is 32.2. The summed E-state index contributed by atoms with van der Waals surface area (Å²) < 4.78 is 43.3. The molecule has 0 rings (SSSR count). The van der Waals surface area contributed by atoms with Crippen LogP contribution in [0.25, 0.3) is 0 Å². The van der Waals surface area contributed by atoms with Gasteiger partial charge >= 0.3 is 0 Å². The van der Waals surface area contributed by atoms with Crippen molar-refractivity contribution in [2.24, 2.45) is 0 Å². The highest BCUT2D eigenvalue weighted by Gasteiger charge is 2.23. The zero-order chi connectivity index (χ0) is 23.8. The van der Waals surface area contributed by atoms with Crippen molar-refractivity contribution in [2.75, 3.05) is 19.8 Å². The van der Waals surface area contributed by atoms with Gasteiger partial charge in [0.1, 0.15) is 0 Å². The largest absolute Gasteiger partial charge is 0.378 e. The van der Waals surface area contributed by atoms with Gasteiger partial charge in [-0.15, -0.1) is 0 Å². The van der Waals surface area contributed by atoms with E-state index >= 15 is 0 Å². The Morgan fingerprint density at radius 2 is 0.906 bits per heavy atom. The predicted octanol–water partition coefficient (Wildman–Crippen LogP) is 8.08. The first-order valence-electron chi connectivity index (χ1n) is 13.7. The van der Waals surface area contributed by atoms with Crippen LogP contribution in [0.4, 0.5) is 0 Å². The zero-order valence-electron chi connectivity index (χ0n) is 21.3. The summed E-state index contributed by atoms with van der Waals surface area (Å²) in [5.74, 6) is 0. The second-order valence-electron chi connectivity index (χ2n) is 9.25. The quantitative estimate of drug-likeness (QED) is 0.100. The molecule has 0 aromatic rings. The predicted molar refractivity (Wildman–Crippen MR) is 136 cm³/mol. The third-order valence-corrected chi connectivity index (χ3v) is 6.97. The normalized spacial score (nSPS) is 13.0. The number of rotatable bonds is 26. The van der Waals surface area contributed by atoms with Crippen molar-refractivity contribution < 1.29 is 22.4 Å². The van der Waals surface area contributed by atoms with Gasteiger partial charge in [-0.05, 0) is 12.8 Å². The van der Waals surface area contributed by atoms with Crippen molar-refractivity contribution in [1.29, 1.82) is 0 Å². The van der Waals surface area contributed by atoms with Crippen LogP contribution in [-0.4, -0.2) is 38.2 Å². The van der Waals surface area contributed by atoms with Gasteiger partial charge in [0.05, 0.1) is 6.61 Å². The van der Waals surface area contributed by atoms with Crippen LogP contribution in [0.15, 0.2) is 0 Å². The lowest BCUT2D eigenvalue weighted by Crippen LogP contribution is -2.29. The minimum absolute atomic E-state index is 0.0893. The van der Waals surface area contributed by atoms with E-state index in [1.54, 1.807) is 0 Å². The Kier molecular flexibility index (Phi) is 23.8. The number of hydrogen-bond acceptors (Lipinski definition) is 4. The van der Waals surface area contributed by atoms with Gasteiger partial charge < -0.3 is 9.47 Å². The lowest BCUT2D eigenvalue weighted by Gasteiger charge is -2.15. The van der Waals surface area contributed by atoms with Crippen molar-refractivity contribution >= 4 is 10.1 Å². The van der Waals surface area contributed by atoms with Crippen LogP contribution >= 0.6 is 0 Å². The topological polar surface area (TPSA) is 72.8 Å². The molecule has 0 amide bonds. The maximum atomic E-state index is 11.5. The summed E-state index contributed by atoms with van der Waals surface area (Å²) in [6, 6.07) is 0. The summed E-state index contributed by atoms with van der Waals surface area (Å²) in [6.07, 6.45) is 24.7. The Balaban J connectivity index is 3.59. The molecular formula is C26H54O5S. The second kappa shape index (κ2) is 24.0. The Morgan fingerprint density at radius 3 is 1.28 bits per heavy atom. The lowest BCUT2D eigenvalue weighted by atomic mass is 10.1. The van der Waals surface area contributed by atoms with Gasteiger partial charge in [-0.3, -0.25) is 4.55 Å². The van der Waals surface area contributed by atoms with E-state index in [-0.39, 0.29) is 6.61 Å². The first-order valence-corrected chi connectivity index (χ1v) is 15.2. The van der Waals surface area contributed by atoms with E-state index in [4.69, 9.17) is 9.47 Å². The van der Waals surface area contributed by atoms with Crippen LogP contribution in [0.1, 0.15) is 142 Å². The summed E-state index contributed by atoms with van der Waals surface area (Å²) in [5.41, 5.74) is -1.26. The Morgan fingerprint density at radius 1 is 0.562 bits per heavy atom. The molecule has 5 nitrogen and oxygen atoms in total. The number of unbranched alkanes of at least 4 members (excludes halogenated alkanes) is 18. The molecule has 0 aliphatic heterocycles. The molecule has 0 saturated heterocycles. The van der Waals surface area contributed by atoms with E-state index in [1.807, 2.05) is 0 Å². The van der Waals surface area contributed by atoms with E-state index in [2.05, 4.69) is 13.8 Å². The molecule has 1 atom stereocenters. The first-order chi connectivity index (χ1) is 15.5. The molecule has 6 heteroatoms. The van der Waals surface area contributed by atoms with Crippen molar-refractivity contribution in [3.8, 4) is 0 Å². The SMILES string of the molecule is CCCCCCCCCCCCOCC(OCCCCCCCCCCCC)S(=O)(=O)O. The molecule has 0 fully saturated rings. The minimum atomic E-state index is -4.24. The van der Waals surface area contributed by atoms with Gasteiger partial charge in [0.2, 0.25) is 5.44 Å². The summed E-state index contributed by atoms with van der Waals surface area (Å²) in [5, 5.41) is 0. The van der Waals surface area contributed by atoms with Crippen LogP contribution in [0, 0.1) is 0 Å². The Hall–Kier alpha value is -0.170. The fraction of sp³-hybridized carbons (Fsp3) is 1.00. The van der Waals surface area contributed by atoms with Crippen LogP contribution in [0.2, 0.25) is 0 Å². The number of ether oxygens (including phenoxy) is 2. The van der Waals surface area contributed by atoms with Crippen LogP contribution in [0.5, 0.6) is 0 Å². The highest BCUT2D eigenvalue weighted by Crippen LogP contribution is 2.12. The van der Waals surface area contributed by atoms with E-state index in [9.17, 15) is 13.0 Å². The molecule has 0 saturated carbocycles. The summed E-state index contributed by atoms with van der Waals surface area (Å²) in [4.78, 5) is 0. The van der Waals surface area contributed by atoms with Gasteiger partial charge in [0.25, 0.3) is 10.1 Å². The standard InChI is InChI=1S/C26H54O5S/c1-3-5-7-9-11-13-15-17-19-21-23-30-25-26(32(27,28)29)31-24-22-20-18-16-14-12-10-8-6-4-2/h26H,3-25H2,1-2H3,(H,27,28,29). The maximum absolute atomic E-state index is 11.5. The molecule has 0 aromatic heterocycles. The molecule has 194 valence electrons. The zero-order valence-corrected chi connectivity index (χ0v) is 22.1. The molecule has 0 spiro atoms. The van der Waals surface area contributed by atoms with Crippen molar-refractivity contribution in [2.45, 2.75) is 148 Å². The van der Waals surface area contributed by atoms with Crippen molar-refractivity contribution in [1.82, 2.24) is 0 Å². The van der Waals surface area contributed by atoms with Crippen molar-refractivity contribution in [3.05, 3.63) is 0 Å². The molecule has 0 aliphatic rings.